The van der Waals surface area contributed by atoms with Gasteiger partial charge in [-0.25, -0.2) is 4.79 Å². The first kappa shape index (κ1) is 53.7. The molecule has 1 aromatic carbocycles. The molecule has 0 radical (unpaired) electrons. The molecule has 0 bridgehead atoms. The van der Waals surface area contributed by atoms with Crippen molar-refractivity contribution < 1.29 is 24.0 Å². The van der Waals surface area contributed by atoms with Gasteiger partial charge >= 0.3 is 6.03 Å². The molecule has 6 amide bonds. The highest BCUT2D eigenvalue weighted by Crippen LogP contribution is 2.46. The van der Waals surface area contributed by atoms with Crippen LogP contribution < -0.4 is 10.9 Å². The number of pyridine rings is 1. The fourth-order valence-corrected chi connectivity index (χ4v) is 8.98. The topological polar surface area (TPSA) is 136 Å². The first-order valence-electron chi connectivity index (χ1n) is 24.2. The molecular formula is C51H83N7O6. The van der Waals surface area contributed by atoms with Crippen molar-refractivity contribution in [3.05, 3.63) is 70.1 Å². The number of urea groups is 1. The predicted molar refractivity (Wildman–Crippen MR) is 257 cm³/mol. The maximum atomic E-state index is 12.1. The highest BCUT2D eigenvalue weighted by Gasteiger charge is 2.48. The van der Waals surface area contributed by atoms with E-state index < -0.39 is 0 Å². The van der Waals surface area contributed by atoms with Crippen LogP contribution in [0.5, 0.6) is 0 Å². The maximum absolute atomic E-state index is 12.1. The molecule has 1 spiro atoms. The molecule has 1 aliphatic carbocycles. The summed E-state index contributed by atoms with van der Waals surface area (Å²) in [6.07, 6.45) is 12.6. The Labute approximate surface area is 385 Å². The molecule has 358 valence electrons. The Kier molecular flexibility index (Phi) is 21.6. The van der Waals surface area contributed by atoms with E-state index in [1.165, 1.54) is 19.3 Å². The zero-order chi connectivity index (χ0) is 47.7. The van der Waals surface area contributed by atoms with E-state index in [-0.39, 0.29) is 29.0 Å². The number of hydrogen-bond donors (Lipinski definition) is 1. The summed E-state index contributed by atoms with van der Waals surface area (Å²) in [7, 11) is 0. The Morgan fingerprint density at radius 3 is 1.44 bits per heavy atom. The number of rotatable bonds is 6. The summed E-state index contributed by atoms with van der Waals surface area (Å²) in [6, 6.07) is 15.2. The van der Waals surface area contributed by atoms with E-state index in [4.69, 9.17) is 0 Å². The molecule has 5 fully saturated rings. The van der Waals surface area contributed by atoms with Crippen LogP contribution >= 0.6 is 0 Å². The number of fused-ring (bicyclic) bond motifs is 1. The minimum atomic E-state index is 0.0671. The van der Waals surface area contributed by atoms with E-state index in [0.29, 0.717) is 47.9 Å². The lowest BCUT2D eigenvalue weighted by Gasteiger charge is -2.30. The summed E-state index contributed by atoms with van der Waals surface area (Å²) in [4.78, 5) is 77.5. The summed E-state index contributed by atoms with van der Waals surface area (Å²) >= 11 is 0. The van der Waals surface area contributed by atoms with Gasteiger partial charge in [-0.3, -0.25) is 24.0 Å². The van der Waals surface area contributed by atoms with Crippen molar-refractivity contribution in [2.24, 2.45) is 5.41 Å². The van der Waals surface area contributed by atoms with Gasteiger partial charge in [0.25, 0.3) is 11.5 Å². The molecule has 8 rings (SSSR count). The van der Waals surface area contributed by atoms with Crippen LogP contribution in [-0.2, 0) is 20.9 Å². The number of benzene rings is 1. The standard InChI is InChI=1S/C11H19NO.C11H13NO.C8H15NO.C8H11NO.C7H13NO.C6H12N2O/c1-9(2)12-8-7-11(10(12)13)5-3-4-6-11;1-8(2)12-7-9-5-3-4-6-10(9)11(12)13;2*1-7(2)9-6-4-3-5-8(9)10;1-6(2)8-5-3-4-7(8)9;1-5(2)8-4-3-7-6(8)9/h9H,3-8H2,1-2H3;3-6,8H,7H2,1-2H3;7H,3-6H2,1-2H3;3-7H,1-2H3;6H,3-5H2,1-2H3;5H,3-4H2,1-2H3,(H,7,9). The number of likely N-dealkylation sites (tertiary alicyclic amines) is 3. The number of hydrogen-bond acceptors (Lipinski definition) is 6. The predicted octanol–water partition coefficient (Wildman–Crippen LogP) is 8.51. The van der Waals surface area contributed by atoms with Gasteiger partial charge in [-0.05, 0) is 139 Å². The van der Waals surface area contributed by atoms with Gasteiger partial charge < -0.3 is 34.4 Å². The zero-order valence-electron chi connectivity index (χ0n) is 41.5. The molecule has 13 heteroatoms. The Bertz CT molecular complexity index is 1830. The van der Waals surface area contributed by atoms with Crippen LogP contribution in [0.15, 0.2) is 53.5 Å². The number of piperidine rings is 1. The third-order valence-corrected chi connectivity index (χ3v) is 12.8. The molecule has 5 aliphatic heterocycles. The van der Waals surface area contributed by atoms with E-state index in [0.717, 1.165) is 95.3 Å². The van der Waals surface area contributed by atoms with Crippen LogP contribution in [0.1, 0.15) is 169 Å². The van der Waals surface area contributed by atoms with Crippen molar-refractivity contribution in [2.75, 3.05) is 32.7 Å². The lowest BCUT2D eigenvalue weighted by molar-refractivity contribution is -0.137. The second-order valence-corrected chi connectivity index (χ2v) is 19.5. The lowest BCUT2D eigenvalue weighted by Crippen LogP contribution is -2.40. The van der Waals surface area contributed by atoms with Crippen molar-refractivity contribution in [3.8, 4) is 0 Å². The van der Waals surface area contributed by atoms with Gasteiger partial charge in [0.15, 0.2) is 0 Å². The third kappa shape index (κ3) is 15.2. The monoisotopic (exact) mass is 890 g/mol. The Hall–Kier alpha value is -4.68. The Balaban J connectivity index is 0.000000206. The number of nitrogens with one attached hydrogen (secondary N) is 1. The fourth-order valence-electron chi connectivity index (χ4n) is 8.98. The van der Waals surface area contributed by atoms with Crippen LogP contribution in [0, 0.1) is 5.41 Å². The number of carbonyl (C=O) groups is 5. The van der Waals surface area contributed by atoms with Crippen molar-refractivity contribution in [1.29, 1.82) is 0 Å². The minimum Gasteiger partial charge on any atom is -0.340 e. The molecule has 1 aromatic heterocycles. The van der Waals surface area contributed by atoms with Crippen LogP contribution in [-0.4, -0.2) is 122 Å². The summed E-state index contributed by atoms with van der Waals surface area (Å²) in [5.74, 6) is 1.27. The second kappa shape index (κ2) is 25.7. The number of carbonyl (C=O) groups excluding carboxylic acids is 5. The van der Waals surface area contributed by atoms with Gasteiger partial charge in [0, 0.05) is 106 Å². The molecule has 13 nitrogen and oxygen atoms in total. The average Bonchev–Trinajstić information content (AvgIpc) is 4.10. The summed E-state index contributed by atoms with van der Waals surface area (Å²) in [5, 5.41) is 2.74. The summed E-state index contributed by atoms with van der Waals surface area (Å²) in [5.41, 5.74) is 2.18. The number of amides is 6. The molecule has 0 atom stereocenters. The van der Waals surface area contributed by atoms with Crippen LogP contribution in [0.2, 0.25) is 0 Å². The normalized spacial score (nSPS) is 18.8. The molecule has 6 aliphatic rings. The highest BCUT2D eigenvalue weighted by atomic mass is 16.2. The third-order valence-electron chi connectivity index (χ3n) is 12.8. The van der Waals surface area contributed by atoms with Crippen LogP contribution in [0.25, 0.3) is 0 Å². The van der Waals surface area contributed by atoms with E-state index in [2.05, 4.69) is 51.8 Å². The maximum Gasteiger partial charge on any atom is 0.317 e. The Morgan fingerprint density at radius 2 is 1.03 bits per heavy atom. The number of aromatic nitrogens is 1. The SMILES string of the molecule is CC(C)N1CCC2(CCCC2)C1=O.CC(C)N1CCCC1=O.CC(C)N1CCCCC1=O.CC(C)N1CCNC1=O.CC(C)N1Cc2ccccc2C1=O.CC(C)n1ccccc1=O. The lowest BCUT2D eigenvalue weighted by atomic mass is 9.85. The molecule has 6 heterocycles. The van der Waals surface area contributed by atoms with Crippen LogP contribution in [0.3, 0.4) is 0 Å². The molecule has 4 saturated heterocycles. The van der Waals surface area contributed by atoms with Crippen molar-refractivity contribution >= 4 is 29.7 Å². The summed E-state index contributed by atoms with van der Waals surface area (Å²) in [6.45, 7) is 30.0. The van der Waals surface area contributed by atoms with Crippen LogP contribution in [0.4, 0.5) is 4.79 Å². The van der Waals surface area contributed by atoms with Gasteiger partial charge in [-0.1, -0.05) is 37.1 Å². The van der Waals surface area contributed by atoms with E-state index in [1.54, 1.807) is 22.9 Å². The fraction of sp³-hybridized carbons (Fsp3) is 0.686. The first-order chi connectivity index (χ1) is 30.2. The molecule has 64 heavy (non-hydrogen) atoms. The van der Waals surface area contributed by atoms with Gasteiger partial charge in [-0.2, -0.15) is 0 Å². The molecule has 1 N–H and O–H groups in total. The van der Waals surface area contributed by atoms with Gasteiger partial charge in [-0.15, -0.1) is 0 Å². The molecule has 1 saturated carbocycles. The highest BCUT2D eigenvalue weighted by molar-refractivity contribution is 5.98. The van der Waals surface area contributed by atoms with Gasteiger partial charge in [0.2, 0.25) is 17.7 Å². The molecule has 0 unspecified atom stereocenters. The minimum absolute atomic E-state index is 0.0671. The zero-order valence-corrected chi connectivity index (χ0v) is 41.5. The van der Waals surface area contributed by atoms with Gasteiger partial charge in [0.05, 0.1) is 5.41 Å². The molecule has 2 aromatic rings. The smallest absolute Gasteiger partial charge is 0.317 e. The Morgan fingerprint density at radius 1 is 0.500 bits per heavy atom. The summed E-state index contributed by atoms with van der Waals surface area (Å²) < 4.78 is 1.69. The first-order valence-corrected chi connectivity index (χ1v) is 24.2. The largest absolute Gasteiger partial charge is 0.340 e. The van der Waals surface area contributed by atoms with Crippen molar-refractivity contribution in [3.63, 3.8) is 0 Å². The number of nitrogens with zero attached hydrogens (tertiary/aromatic N) is 6. The van der Waals surface area contributed by atoms with E-state index in [1.807, 2.05) is 91.5 Å². The second-order valence-electron chi connectivity index (χ2n) is 19.5. The van der Waals surface area contributed by atoms with E-state index >= 15 is 0 Å². The van der Waals surface area contributed by atoms with Gasteiger partial charge in [0.1, 0.15) is 0 Å². The van der Waals surface area contributed by atoms with Crippen molar-refractivity contribution in [2.45, 2.75) is 190 Å². The van der Waals surface area contributed by atoms with Crippen molar-refractivity contribution in [1.82, 2.24) is 34.4 Å². The molecular weight excluding hydrogens is 807 g/mol. The van der Waals surface area contributed by atoms with E-state index in [9.17, 15) is 28.8 Å². The quantitative estimate of drug-likeness (QED) is 0.309. The average molecular weight is 890 g/mol.